The highest BCUT2D eigenvalue weighted by molar-refractivity contribution is 5.80. The maximum Gasteiger partial charge on any atom is 0.325 e. The fourth-order valence-corrected chi connectivity index (χ4v) is 2.29. The summed E-state index contributed by atoms with van der Waals surface area (Å²) in [6.07, 6.45) is 3.64. The molecule has 2 N–H and O–H groups in total. The van der Waals surface area contributed by atoms with Gasteiger partial charge in [-0.25, -0.2) is 0 Å². The van der Waals surface area contributed by atoms with Gasteiger partial charge in [-0.2, -0.15) is 0 Å². The van der Waals surface area contributed by atoms with Crippen LogP contribution in [-0.4, -0.2) is 18.6 Å². The van der Waals surface area contributed by atoms with Crippen LogP contribution < -0.4 is 5.73 Å². The molecule has 1 unspecified atom stereocenters. The number of carbonyl (C=O) groups is 1. The lowest BCUT2D eigenvalue weighted by atomic mass is 9.68. The Morgan fingerprint density at radius 2 is 2.00 bits per heavy atom. The minimum atomic E-state index is -0.740. The number of methoxy groups -OCH3 is 1. The lowest BCUT2D eigenvalue weighted by molar-refractivity contribution is -0.150. The molecule has 3 heteroatoms. The maximum absolute atomic E-state index is 11.4. The van der Waals surface area contributed by atoms with Crippen LogP contribution in [-0.2, 0) is 9.53 Å². The van der Waals surface area contributed by atoms with Crippen molar-refractivity contribution in [3.63, 3.8) is 0 Å². The molecule has 0 aromatic carbocycles. The topological polar surface area (TPSA) is 52.3 Å². The zero-order valence-electron chi connectivity index (χ0n) is 8.72. The molecule has 1 atom stereocenters. The van der Waals surface area contributed by atoms with Crippen molar-refractivity contribution >= 4 is 5.97 Å². The molecule has 1 rings (SSSR count). The average Bonchev–Trinajstić information content (AvgIpc) is 2.00. The van der Waals surface area contributed by atoms with E-state index in [9.17, 15) is 4.79 Å². The molecule has 0 saturated heterocycles. The number of rotatable bonds is 1. The molecule has 1 aliphatic rings. The van der Waals surface area contributed by atoms with Crippen LogP contribution in [0.15, 0.2) is 0 Å². The normalized spacial score (nSPS) is 32.6. The summed E-state index contributed by atoms with van der Waals surface area (Å²) in [6, 6.07) is 0. The molecule has 0 spiro atoms. The van der Waals surface area contributed by atoms with Gasteiger partial charge in [0, 0.05) is 0 Å². The molecule has 1 aliphatic carbocycles. The predicted molar refractivity (Wildman–Crippen MR) is 51.2 cm³/mol. The SMILES string of the molecule is COC(=O)C1(N)CCCC(C)(C)C1. The van der Waals surface area contributed by atoms with Crippen LogP contribution >= 0.6 is 0 Å². The van der Waals surface area contributed by atoms with Crippen LogP contribution in [0.4, 0.5) is 0 Å². The van der Waals surface area contributed by atoms with Gasteiger partial charge < -0.3 is 10.5 Å². The molecule has 3 nitrogen and oxygen atoms in total. The smallest absolute Gasteiger partial charge is 0.325 e. The van der Waals surface area contributed by atoms with E-state index in [1.54, 1.807) is 0 Å². The van der Waals surface area contributed by atoms with E-state index in [0.717, 1.165) is 25.7 Å². The Kier molecular flexibility index (Phi) is 2.66. The molecule has 13 heavy (non-hydrogen) atoms. The summed E-state index contributed by atoms with van der Waals surface area (Å²) in [6.45, 7) is 4.30. The fraction of sp³-hybridized carbons (Fsp3) is 0.900. The summed E-state index contributed by atoms with van der Waals surface area (Å²) < 4.78 is 4.72. The van der Waals surface area contributed by atoms with Gasteiger partial charge >= 0.3 is 5.97 Å². The Balaban J connectivity index is 2.74. The van der Waals surface area contributed by atoms with Crippen molar-refractivity contribution in [1.29, 1.82) is 0 Å². The van der Waals surface area contributed by atoms with Crippen molar-refractivity contribution in [2.24, 2.45) is 11.1 Å². The van der Waals surface area contributed by atoms with Gasteiger partial charge in [-0.1, -0.05) is 20.3 Å². The summed E-state index contributed by atoms with van der Waals surface area (Å²) in [5.74, 6) is -0.264. The van der Waals surface area contributed by atoms with Gasteiger partial charge in [-0.05, 0) is 24.7 Å². The summed E-state index contributed by atoms with van der Waals surface area (Å²) >= 11 is 0. The molecule has 1 fully saturated rings. The molecule has 0 heterocycles. The second-order valence-electron chi connectivity index (χ2n) is 4.84. The van der Waals surface area contributed by atoms with E-state index < -0.39 is 5.54 Å². The maximum atomic E-state index is 11.4. The van der Waals surface area contributed by atoms with Crippen LogP contribution in [0.3, 0.4) is 0 Å². The Hall–Kier alpha value is -0.570. The lowest BCUT2D eigenvalue weighted by Gasteiger charge is -2.40. The fourth-order valence-electron chi connectivity index (χ4n) is 2.29. The van der Waals surface area contributed by atoms with Crippen molar-refractivity contribution in [1.82, 2.24) is 0 Å². The van der Waals surface area contributed by atoms with E-state index >= 15 is 0 Å². The first-order valence-electron chi connectivity index (χ1n) is 4.77. The van der Waals surface area contributed by atoms with Gasteiger partial charge in [-0.15, -0.1) is 0 Å². The minimum Gasteiger partial charge on any atom is -0.468 e. The quantitative estimate of drug-likeness (QED) is 0.629. The monoisotopic (exact) mass is 185 g/mol. The Morgan fingerprint density at radius 3 is 2.46 bits per heavy atom. The van der Waals surface area contributed by atoms with Crippen molar-refractivity contribution < 1.29 is 9.53 Å². The number of hydrogen-bond acceptors (Lipinski definition) is 3. The summed E-state index contributed by atoms with van der Waals surface area (Å²) in [5.41, 5.74) is 5.44. The third-order valence-corrected chi connectivity index (χ3v) is 2.86. The van der Waals surface area contributed by atoms with E-state index in [-0.39, 0.29) is 11.4 Å². The van der Waals surface area contributed by atoms with E-state index in [4.69, 9.17) is 10.5 Å². The van der Waals surface area contributed by atoms with Gasteiger partial charge in [0.05, 0.1) is 7.11 Å². The van der Waals surface area contributed by atoms with Crippen molar-refractivity contribution in [3.05, 3.63) is 0 Å². The number of carbonyl (C=O) groups excluding carboxylic acids is 1. The van der Waals surface area contributed by atoms with Crippen molar-refractivity contribution in [2.45, 2.75) is 45.1 Å². The van der Waals surface area contributed by atoms with Crippen LogP contribution in [0.2, 0.25) is 0 Å². The number of ether oxygens (including phenoxy) is 1. The zero-order chi connectivity index (χ0) is 10.1. The van der Waals surface area contributed by atoms with Crippen LogP contribution in [0.25, 0.3) is 0 Å². The molecule has 0 radical (unpaired) electrons. The third-order valence-electron chi connectivity index (χ3n) is 2.86. The van der Waals surface area contributed by atoms with Crippen LogP contribution in [0.5, 0.6) is 0 Å². The second-order valence-corrected chi connectivity index (χ2v) is 4.84. The minimum absolute atomic E-state index is 0.168. The molecule has 0 amide bonds. The summed E-state index contributed by atoms with van der Waals surface area (Å²) in [5, 5.41) is 0. The lowest BCUT2D eigenvalue weighted by Crippen LogP contribution is -2.53. The Morgan fingerprint density at radius 1 is 1.38 bits per heavy atom. The highest BCUT2D eigenvalue weighted by Gasteiger charge is 2.43. The van der Waals surface area contributed by atoms with Crippen LogP contribution in [0.1, 0.15) is 39.5 Å². The van der Waals surface area contributed by atoms with Gasteiger partial charge in [0.2, 0.25) is 0 Å². The van der Waals surface area contributed by atoms with Crippen molar-refractivity contribution in [3.8, 4) is 0 Å². The first kappa shape index (κ1) is 10.5. The first-order chi connectivity index (χ1) is 5.90. The van der Waals surface area contributed by atoms with E-state index in [0.29, 0.717) is 0 Å². The van der Waals surface area contributed by atoms with Crippen molar-refractivity contribution in [2.75, 3.05) is 7.11 Å². The number of hydrogen-bond donors (Lipinski definition) is 1. The summed E-state index contributed by atoms with van der Waals surface area (Å²) in [4.78, 5) is 11.4. The van der Waals surface area contributed by atoms with Gasteiger partial charge in [0.15, 0.2) is 0 Å². The molecule has 0 aromatic heterocycles. The van der Waals surface area contributed by atoms with E-state index in [1.807, 2.05) is 0 Å². The molecule has 0 aliphatic heterocycles. The average molecular weight is 185 g/mol. The van der Waals surface area contributed by atoms with E-state index in [1.165, 1.54) is 7.11 Å². The van der Waals surface area contributed by atoms with Gasteiger partial charge in [-0.3, -0.25) is 4.79 Å². The number of nitrogens with two attached hydrogens (primary N) is 1. The van der Waals surface area contributed by atoms with Gasteiger partial charge in [0.1, 0.15) is 5.54 Å². The standard InChI is InChI=1S/C10H19NO2/c1-9(2)5-4-6-10(11,7-9)8(12)13-3/h4-7,11H2,1-3H3. The Bertz CT molecular complexity index is 213. The largest absolute Gasteiger partial charge is 0.468 e. The molecule has 1 saturated carbocycles. The third kappa shape index (κ3) is 2.21. The zero-order valence-corrected chi connectivity index (χ0v) is 8.72. The first-order valence-corrected chi connectivity index (χ1v) is 4.77. The van der Waals surface area contributed by atoms with Crippen LogP contribution in [0, 0.1) is 5.41 Å². The predicted octanol–water partition coefficient (Wildman–Crippen LogP) is 1.46. The second kappa shape index (κ2) is 3.29. The molecule has 76 valence electrons. The van der Waals surface area contributed by atoms with E-state index in [2.05, 4.69) is 13.8 Å². The highest BCUT2D eigenvalue weighted by atomic mass is 16.5. The number of esters is 1. The molecule has 0 bridgehead atoms. The molecular formula is C10H19NO2. The van der Waals surface area contributed by atoms with Gasteiger partial charge in [0.25, 0.3) is 0 Å². The highest BCUT2D eigenvalue weighted by Crippen LogP contribution is 2.40. The molecule has 0 aromatic rings. The molecular weight excluding hydrogens is 166 g/mol. The summed E-state index contributed by atoms with van der Waals surface area (Å²) in [7, 11) is 1.40. The Labute approximate surface area is 79.6 Å².